The topological polar surface area (TPSA) is 43.4 Å². The fourth-order valence-electron chi connectivity index (χ4n) is 1.01. The summed E-state index contributed by atoms with van der Waals surface area (Å²) in [7, 11) is 0. The molecule has 11 heavy (non-hydrogen) atoms. The highest BCUT2D eigenvalue weighted by atomic mass is 16.5. The maximum Gasteiger partial charge on any atom is 0.199 e. The molecule has 0 N–H and O–H groups in total. The highest BCUT2D eigenvalue weighted by Crippen LogP contribution is 2.15. The fourth-order valence-corrected chi connectivity index (χ4v) is 1.01. The summed E-state index contributed by atoms with van der Waals surface area (Å²) in [4.78, 5) is 21.6. The van der Waals surface area contributed by atoms with E-state index in [9.17, 15) is 9.59 Å². The van der Waals surface area contributed by atoms with E-state index in [2.05, 4.69) is 0 Å². The van der Waals surface area contributed by atoms with Crippen LogP contribution in [0.25, 0.3) is 0 Å². The molecule has 0 aliphatic carbocycles. The van der Waals surface area contributed by atoms with Crippen molar-refractivity contribution in [3.63, 3.8) is 0 Å². The second kappa shape index (κ2) is 2.86. The number of rotatable bonds is 2. The van der Waals surface area contributed by atoms with Crippen LogP contribution in [0.15, 0.2) is 11.8 Å². The fraction of sp³-hybridized carbons (Fsp3) is 0.500. The van der Waals surface area contributed by atoms with Crippen molar-refractivity contribution >= 4 is 11.6 Å². The first kappa shape index (κ1) is 7.98. The molecular weight excluding hydrogens is 144 g/mol. The molecule has 0 radical (unpaired) electrons. The molecule has 0 fully saturated rings. The average molecular weight is 154 g/mol. The third-order valence-electron chi connectivity index (χ3n) is 1.46. The van der Waals surface area contributed by atoms with Crippen molar-refractivity contribution in [2.24, 2.45) is 0 Å². The van der Waals surface area contributed by atoms with Gasteiger partial charge in [-0.05, 0) is 13.8 Å². The quantitative estimate of drug-likeness (QED) is 0.591. The van der Waals surface area contributed by atoms with Crippen molar-refractivity contribution in [3.05, 3.63) is 11.8 Å². The predicted octanol–water partition coefficient (Wildman–Crippen LogP) is 0.837. The van der Waals surface area contributed by atoms with Gasteiger partial charge in [0.1, 0.15) is 5.78 Å². The molecule has 3 nitrogen and oxygen atoms in total. The summed E-state index contributed by atoms with van der Waals surface area (Å²) < 4.78 is 5.08. The zero-order chi connectivity index (χ0) is 8.43. The van der Waals surface area contributed by atoms with Gasteiger partial charge < -0.3 is 4.74 Å². The Labute approximate surface area is 65.0 Å². The van der Waals surface area contributed by atoms with Crippen LogP contribution in [0.5, 0.6) is 0 Å². The van der Waals surface area contributed by atoms with Crippen molar-refractivity contribution in [1.82, 2.24) is 0 Å². The van der Waals surface area contributed by atoms with E-state index < -0.39 is 6.10 Å². The number of Topliss-reactive ketones (excluding diaryl/α,β-unsaturated/α-hetero) is 1. The summed E-state index contributed by atoms with van der Waals surface area (Å²) in [5, 5.41) is 0. The smallest absolute Gasteiger partial charge is 0.199 e. The molecule has 60 valence electrons. The Morgan fingerprint density at radius 2 is 2.36 bits per heavy atom. The molecule has 1 rings (SSSR count). The summed E-state index contributed by atoms with van der Waals surface area (Å²) in [5.41, 5.74) is 0. The Balaban J connectivity index is 2.53. The van der Waals surface area contributed by atoms with Crippen LogP contribution in [0, 0.1) is 0 Å². The molecule has 0 aromatic rings. The number of carbonyl (C=O) groups is 2. The third kappa shape index (κ3) is 1.90. The summed E-state index contributed by atoms with van der Waals surface area (Å²) in [5.74, 6) is 0.477. The highest BCUT2D eigenvalue weighted by molar-refractivity contribution is 5.98. The van der Waals surface area contributed by atoms with Gasteiger partial charge in [0, 0.05) is 6.08 Å². The number of hydrogen-bond acceptors (Lipinski definition) is 3. The van der Waals surface area contributed by atoms with Gasteiger partial charge in [-0.3, -0.25) is 9.59 Å². The van der Waals surface area contributed by atoms with Crippen molar-refractivity contribution < 1.29 is 14.3 Å². The summed E-state index contributed by atoms with van der Waals surface area (Å²) in [6.45, 7) is 3.16. The summed E-state index contributed by atoms with van der Waals surface area (Å²) in [6, 6.07) is 0. The van der Waals surface area contributed by atoms with Crippen molar-refractivity contribution in [2.75, 3.05) is 0 Å². The van der Waals surface area contributed by atoms with Crippen LogP contribution in [-0.4, -0.2) is 17.7 Å². The van der Waals surface area contributed by atoms with Gasteiger partial charge in [-0.1, -0.05) is 0 Å². The summed E-state index contributed by atoms with van der Waals surface area (Å²) in [6.07, 6.45) is 1.06. The Morgan fingerprint density at radius 1 is 1.73 bits per heavy atom. The lowest BCUT2D eigenvalue weighted by Gasteiger charge is -2.06. The van der Waals surface area contributed by atoms with E-state index in [1.54, 1.807) is 6.92 Å². The Bertz CT molecular complexity index is 227. The monoisotopic (exact) mass is 154 g/mol. The van der Waals surface area contributed by atoms with E-state index in [-0.39, 0.29) is 18.0 Å². The standard InChI is InChI=1S/C8H10O3/c1-5(9)3-8-7(10)4-6(2)11-8/h4,8H,3H2,1-2H3. The van der Waals surface area contributed by atoms with Crippen LogP contribution in [0.4, 0.5) is 0 Å². The molecule has 1 atom stereocenters. The lowest BCUT2D eigenvalue weighted by Crippen LogP contribution is -2.19. The molecule has 0 amide bonds. The highest BCUT2D eigenvalue weighted by Gasteiger charge is 2.25. The summed E-state index contributed by atoms with van der Waals surface area (Å²) >= 11 is 0. The number of carbonyl (C=O) groups excluding carboxylic acids is 2. The maximum atomic E-state index is 11.0. The first-order valence-electron chi connectivity index (χ1n) is 3.48. The second-order valence-electron chi connectivity index (χ2n) is 2.67. The van der Waals surface area contributed by atoms with Gasteiger partial charge in [0.15, 0.2) is 11.9 Å². The van der Waals surface area contributed by atoms with Gasteiger partial charge in [-0.25, -0.2) is 0 Å². The zero-order valence-electron chi connectivity index (χ0n) is 6.59. The van der Waals surface area contributed by atoms with E-state index in [0.29, 0.717) is 5.76 Å². The number of allylic oxidation sites excluding steroid dienone is 1. The first-order chi connectivity index (χ1) is 5.09. The first-order valence-corrected chi connectivity index (χ1v) is 3.48. The lowest BCUT2D eigenvalue weighted by molar-refractivity contribution is -0.126. The van der Waals surface area contributed by atoms with E-state index >= 15 is 0 Å². The normalized spacial score (nSPS) is 22.9. The van der Waals surface area contributed by atoms with Gasteiger partial charge in [-0.2, -0.15) is 0 Å². The molecule has 0 saturated heterocycles. The Hall–Kier alpha value is -1.12. The molecule has 1 aliphatic rings. The molecule has 0 aromatic heterocycles. The van der Waals surface area contributed by atoms with Crippen LogP contribution in [0.2, 0.25) is 0 Å². The molecule has 0 aromatic carbocycles. The van der Waals surface area contributed by atoms with Crippen molar-refractivity contribution in [3.8, 4) is 0 Å². The SMILES string of the molecule is CC(=O)CC1OC(C)=CC1=O. The molecule has 3 heteroatoms. The van der Waals surface area contributed by atoms with Crippen LogP contribution in [0.3, 0.4) is 0 Å². The van der Waals surface area contributed by atoms with Crippen LogP contribution in [0.1, 0.15) is 20.3 Å². The average Bonchev–Trinajstić information content (AvgIpc) is 2.09. The molecule has 1 heterocycles. The minimum absolute atomic E-state index is 0.0218. The van der Waals surface area contributed by atoms with Crippen LogP contribution >= 0.6 is 0 Å². The molecular formula is C8H10O3. The van der Waals surface area contributed by atoms with Crippen LogP contribution < -0.4 is 0 Å². The largest absolute Gasteiger partial charge is 0.486 e. The number of ketones is 2. The van der Waals surface area contributed by atoms with Gasteiger partial charge in [0.25, 0.3) is 0 Å². The Morgan fingerprint density at radius 3 is 2.73 bits per heavy atom. The molecule has 0 saturated carbocycles. The molecule has 1 aliphatic heterocycles. The van der Waals surface area contributed by atoms with Crippen LogP contribution in [-0.2, 0) is 14.3 Å². The second-order valence-corrected chi connectivity index (χ2v) is 2.67. The lowest BCUT2D eigenvalue weighted by atomic mass is 10.1. The minimum Gasteiger partial charge on any atom is -0.486 e. The van der Waals surface area contributed by atoms with Crippen molar-refractivity contribution in [1.29, 1.82) is 0 Å². The van der Waals surface area contributed by atoms with Gasteiger partial charge in [0.2, 0.25) is 0 Å². The minimum atomic E-state index is -0.549. The van der Waals surface area contributed by atoms with Crippen molar-refractivity contribution in [2.45, 2.75) is 26.4 Å². The van der Waals surface area contributed by atoms with Gasteiger partial charge in [-0.15, -0.1) is 0 Å². The van der Waals surface area contributed by atoms with E-state index in [0.717, 1.165) is 0 Å². The third-order valence-corrected chi connectivity index (χ3v) is 1.46. The molecule has 1 unspecified atom stereocenters. The molecule has 0 bridgehead atoms. The van der Waals surface area contributed by atoms with Gasteiger partial charge >= 0.3 is 0 Å². The maximum absolute atomic E-state index is 11.0. The predicted molar refractivity (Wildman–Crippen MR) is 38.9 cm³/mol. The van der Waals surface area contributed by atoms with E-state index in [4.69, 9.17) is 4.74 Å². The zero-order valence-corrected chi connectivity index (χ0v) is 6.59. The Kier molecular flexibility index (Phi) is 2.08. The molecule has 0 spiro atoms. The number of ether oxygens (including phenoxy) is 1. The van der Waals surface area contributed by atoms with Gasteiger partial charge in [0.05, 0.1) is 12.2 Å². The number of hydrogen-bond donors (Lipinski definition) is 0. The van der Waals surface area contributed by atoms with E-state index in [1.807, 2.05) is 0 Å². The van der Waals surface area contributed by atoms with E-state index in [1.165, 1.54) is 13.0 Å².